The molecule has 3 aromatic rings. The topological polar surface area (TPSA) is 38.7 Å². The first kappa shape index (κ1) is 18.5. The highest BCUT2D eigenvalue weighted by Gasteiger charge is 2.10. The van der Waals surface area contributed by atoms with Crippen LogP contribution in [0, 0.1) is 0 Å². The number of allylic oxidation sites excluding steroid dienone is 3. The molecule has 0 amide bonds. The highest BCUT2D eigenvalue weighted by atomic mass is 14.8. The molecule has 0 aromatic carbocycles. The summed E-state index contributed by atoms with van der Waals surface area (Å²) in [6, 6.07) is 12.3. The van der Waals surface area contributed by atoms with Crippen molar-refractivity contribution in [1.29, 1.82) is 0 Å². The highest BCUT2D eigenvalue weighted by molar-refractivity contribution is 5.64. The minimum absolute atomic E-state index is 0.765. The summed E-state index contributed by atoms with van der Waals surface area (Å²) in [5.74, 6) is 0. The standard InChI is InChI=1S/C24H23N3/c1-4-7-18-10-12-25-21(14-18)23-16-20(9-6-3)17-24(27-23)22-15-19(8-5-2)11-13-26-22/h4-6,10-17H,1-3,7-9H2. The van der Waals surface area contributed by atoms with Crippen LogP contribution < -0.4 is 0 Å². The lowest BCUT2D eigenvalue weighted by molar-refractivity contribution is 1.15. The fourth-order valence-electron chi connectivity index (χ4n) is 2.95. The predicted octanol–water partition coefficient (Wildman–Crippen LogP) is 5.39. The summed E-state index contributed by atoms with van der Waals surface area (Å²) >= 11 is 0. The molecule has 0 aliphatic carbocycles. The first-order valence-corrected chi connectivity index (χ1v) is 8.97. The SMILES string of the molecule is C=CCc1ccnc(-c2cc(CC=C)cc(-c3cc(CC=C)ccn3)n2)c1. The van der Waals surface area contributed by atoms with Crippen molar-refractivity contribution in [1.82, 2.24) is 15.0 Å². The Morgan fingerprint density at radius 2 is 1.00 bits per heavy atom. The Morgan fingerprint density at radius 3 is 1.44 bits per heavy atom. The number of hydrogen-bond donors (Lipinski definition) is 0. The van der Waals surface area contributed by atoms with E-state index >= 15 is 0 Å². The number of pyridine rings is 3. The Labute approximate surface area is 160 Å². The predicted molar refractivity (Wildman–Crippen MR) is 112 cm³/mol. The molecule has 0 spiro atoms. The van der Waals surface area contributed by atoms with E-state index in [1.54, 1.807) is 0 Å². The second-order valence-electron chi connectivity index (χ2n) is 6.32. The van der Waals surface area contributed by atoms with Gasteiger partial charge in [0, 0.05) is 12.4 Å². The van der Waals surface area contributed by atoms with Gasteiger partial charge in [-0.15, -0.1) is 19.7 Å². The number of hydrogen-bond acceptors (Lipinski definition) is 3. The zero-order valence-electron chi connectivity index (χ0n) is 15.4. The van der Waals surface area contributed by atoms with Gasteiger partial charge in [-0.2, -0.15) is 0 Å². The second kappa shape index (κ2) is 8.86. The lowest BCUT2D eigenvalue weighted by atomic mass is 10.0. The van der Waals surface area contributed by atoms with E-state index in [0.29, 0.717) is 0 Å². The average molecular weight is 353 g/mol. The highest BCUT2D eigenvalue weighted by Crippen LogP contribution is 2.24. The molecule has 134 valence electrons. The average Bonchev–Trinajstić information content (AvgIpc) is 2.69. The minimum Gasteiger partial charge on any atom is -0.255 e. The first-order valence-electron chi connectivity index (χ1n) is 8.97. The van der Waals surface area contributed by atoms with E-state index in [1.807, 2.05) is 42.8 Å². The quantitative estimate of drug-likeness (QED) is 0.510. The van der Waals surface area contributed by atoms with Crippen molar-refractivity contribution < 1.29 is 0 Å². The normalized spacial score (nSPS) is 10.4. The molecule has 27 heavy (non-hydrogen) atoms. The third-order valence-corrected chi connectivity index (χ3v) is 4.20. The largest absolute Gasteiger partial charge is 0.255 e. The molecule has 0 unspecified atom stereocenters. The van der Waals surface area contributed by atoms with Crippen molar-refractivity contribution in [3.05, 3.63) is 103 Å². The zero-order valence-corrected chi connectivity index (χ0v) is 15.4. The number of nitrogens with zero attached hydrogens (tertiary/aromatic N) is 3. The van der Waals surface area contributed by atoms with Crippen LogP contribution in [-0.4, -0.2) is 15.0 Å². The molecule has 3 nitrogen and oxygen atoms in total. The lowest BCUT2D eigenvalue weighted by Crippen LogP contribution is -1.97. The Balaban J connectivity index is 2.09. The van der Waals surface area contributed by atoms with Gasteiger partial charge in [0.15, 0.2) is 0 Å². The third kappa shape index (κ3) is 4.64. The van der Waals surface area contributed by atoms with Crippen LogP contribution in [0.4, 0.5) is 0 Å². The van der Waals surface area contributed by atoms with Crippen LogP contribution in [0.15, 0.2) is 86.8 Å². The summed E-state index contributed by atoms with van der Waals surface area (Å²) < 4.78 is 0. The van der Waals surface area contributed by atoms with Crippen LogP contribution in [0.5, 0.6) is 0 Å². The molecule has 3 heteroatoms. The fourth-order valence-corrected chi connectivity index (χ4v) is 2.95. The summed E-state index contributed by atoms with van der Waals surface area (Å²) in [6.07, 6.45) is 11.7. The molecule has 3 aromatic heterocycles. The Kier molecular flexibility index (Phi) is 6.06. The molecule has 0 radical (unpaired) electrons. The minimum atomic E-state index is 0.765. The van der Waals surface area contributed by atoms with Crippen molar-refractivity contribution in [3.63, 3.8) is 0 Å². The van der Waals surface area contributed by atoms with E-state index in [1.165, 1.54) is 11.1 Å². The van der Waals surface area contributed by atoms with Crippen LogP contribution in [0.2, 0.25) is 0 Å². The lowest BCUT2D eigenvalue weighted by Gasteiger charge is -2.09. The van der Waals surface area contributed by atoms with Gasteiger partial charge in [0.2, 0.25) is 0 Å². The second-order valence-corrected chi connectivity index (χ2v) is 6.32. The molecule has 0 fully saturated rings. The van der Waals surface area contributed by atoms with Crippen LogP contribution in [0.3, 0.4) is 0 Å². The molecular weight excluding hydrogens is 330 g/mol. The van der Waals surface area contributed by atoms with E-state index in [2.05, 4.69) is 54.0 Å². The molecule has 0 saturated carbocycles. The molecule has 0 aliphatic rings. The Morgan fingerprint density at radius 1 is 0.593 bits per heavy atom. The van der Waals surface area contributed by atoms with E-state index in [0.717, 1.165) is 47.6 Å². The van der Waals surface area contributed by atoms with Gasteiger partial charge >= 0.3 is 0 Å². The molecule has 3 rings (SSSR count). The van der Waals surface area contributed by atoms with Gasteiger partial charge in [0.05, 0.1) is 22.8 Å². The van der Waals surface area contributed by atoms with Crippen molar-refractivity contribution in [3.8, 4) is 22.8 Å². The maximum absolute atomic E-state index is 4.85. The van der Waals surface area contributed by atoms with Crippen LogP contribution >= 0.6 is 0 Å². The summed E-state index contributed by atoms with van der Waals surface area (Å²) in [5, 5.41) is 0. The summed E-state index contributed by atoms with van der Waals surface area (Å²) in [7, 11) is 0. The maximum Gasteiger partial charge on any atom is 0.0897 e. The molecule has 0 bridgehead atoms. The van der Waals surface area contributed by atoms with Gasteiger partial charge in [0.25, 0.3) is 0 Å². The Bertz CT molecular complexity index is 901. The van der Waals surface area contributed by atoms with Crippen molar-refractivity contribution >= 4 is 0 Å². The number of rotatable bonds is 8. The molecule has 3 heterocycles. The van der Waals surface area contributed by atoms with E-state index in [-0.39, 0.29) is 0 Å². The molecule has 0 atom stereocenters. The molecule has 0 saturated heterocycles. The maximum atomic E-state index is 4.85. The first-order chi connectivity index (χ1) is 13.2. The van der Waals surface area contributed by atoms with E-state index in [4.69, 9.17) is 4.98 Å². The number of aromatic nitrogens is 3. The Hall–Kier alpha value is -3.33. The molecule has 0 aliphatic heterocycles. The molecular formula is C24H23N3. The zero-order chi connectivity index (χ0) is 19.1. The summed E-state index contributed by atoms with van der Waals surface area (Å²) in [4.78, 5) is 13.9. The van der Waals surface area contributed by atoms with E-state index < -0.39 is 0 Å². The van der Waals surface area contributed by atoms with Gasteiger partial charge in [-0.1, -0.05) is 18.2 Å². The van der Waals surface area contributed by atoms with Gasteiger partial charge in [-0.25, -0.2) is 4.98 Å². The van der Waals surface area contributed by atoms with Crippen LogP contribution in [0.1, 0.15) is 16.7 Å². The smallest absolute Gasteiger partial charge is 0.0897 e. The third-order valence-electron chi connectivity index (χ3n) is 4.20. The van der Waals surface area contributed by atoms with Crippen LogP contribution in [0.25, 0.3) is 22.8 Å². The molecule has 0 N–H and O–H groups in total. The van der Waals surface area contributed by atoms with Crippen molar-refractivity contribution in [2.24, 2.45) is 0 Å². The van der Waals surface area contributed by atoms with Gasteiger partial charge in [0.1, 0.15) is 0 Å². The van der Waals surface area contributed by atoms with Crippen LogP contribution in [-0.2, 0) is 19.3 Å². The van der Waals surface area contributed by atoms with Crippen molar-refractivity contribution in [2.75, 3.05) is 0 Å². The summed E-state index contributed by atoms with van der Waals surface area (Å²) in [6.45, 7) is 11.5. The van der Waals surface area contributed by atoms with Gasteiger partial charge < -0.3 is 0 Å². The summed E-state index contributed by atoms with van der Waals surface area (Å²) in [5.41, 5.74) is 6.85. The fraction of sp³-hybridized carbons (Fsp3) is 0.125. The van der Waals surface area contributed by atoms with Crippen molar-refractivity contribution in [2.45, 2.75) is 19.3 Å². The van der Waals surface area contributed by atoms with Gasteiger partial charge in [-0.05, 0) is 72.4 Å². The van der Waals surface area contributed by atoms with E-state index in [9.17, 15) is 0 Å². The van der Waals surface area contributed by atoms with Gasteiger partial charge in [-0.3, -0.25) is 9.97 Å². The monoisotopic (exact) mass is 353 g/mol.